The van der Waals surface area contributed by atoms with Gasteiger partial charge in [-0.05, 0) is 38.5 Å². The summed E-state index contributed by atoms with van der Waals surface area (Å²) >= 11 is 0. The molecule has 112 valence electrons. The lowest BCUT2D eigenvalue weighted by molar-refractivity contribution is 0.410. The lowest BCUT2D eigenvalue weighted by Crippen LogP contribution is -2.33. The second-order valence-electron chi connectivity index (χ2n) is 6.31. The zero-order chi connectivity index (χ0) is 14.2. The maximum Gasteiger partial charge on any atom is 0.177 e. The molecule has 4 rings (SSSR count). The smallest absolute Gasteiger partial charge is 0.177 e. The van der Waals surface area contributed by atoms with E-state index in [4.69, 9.17) is 5.73 Å². The first-order valence-corrected chi connectivity index (χ1v) is 7.91. The van der Waals surface area contributed by atoms with Gasteiger partial charge in [-0.25, -0.2) is 9.50 Å². The van der Waals surface area contributed by atoms with Crippen molar-refractivity contribution in [3.8, 4) is 0 Å². The summed E-state index contributed by atoms with van der Waals surface area (Å²) in [5.74, 6) is 0.920. The Morgan fingerprint density at radius 1 is 1.05 bits per heavy atom. The Bertz CT molecular complexity index is 624. The van der Waals surface area contributed by atoms with Crippen LogP contribution >= 0.6 is 0 Å². The average Bonchev–Trinajstić information content (AvgIpc) is 3.16. The second-order valence-corrected chi connectivity index (χ2v) is 6.31. The minimum Gasteiger partial charge on any atom is -0.379 e. The van der Waals surface area contributed by atoms with Crippen molar-refractivity contribution in [3.63, 3.8) is 0 Å². The quantitative estimate of drug-likeness (QED) is 0.801. The highest BCUT2D eigenvalue weighted by Crippen LogP contribution is 2.28. The van der Waals surface area contributed by atoms with E-state index in [1.807, 2.05) is 10.7 Å². The molecule has 2 heterocycles. The van der Waals surface area contributed by atoms with E-state index < -0.39 is 0 Å². The van der Waals surface area contributed by atoms with Crippen LogP contribution in [0.5, 0.6) is 0 Å². The maximum absolute atomic E-state index is 5.97. The van der Waals surface area contributed by atoms with Gasteiger partial charge in [-0.3, -0.25) is 0 Å². The van der Waals surface area contributed by atoms with Crippen LogP contribution in [0.15, 0.2) is 18.5 Å². The Balaban J connectivity index is 1.56. The third-order valence-corrected chi connectivity index (χ3v) is 4.42. The van der Waals surface area contributed by atoms with Crippen LogP contribution in [0.4, 0.5) is 11.5 Å². The molecule has 21 heavy (non-hydrogen) atoms. The third-order valence-electron chi connectivity index (χ3n) is 4.42. The molecule has 2 aromatic heterocycles. The van der Waals surface area contributed by atoms with E-state index in [-0.39, 0.29) is 0 Å². The number of anilines is 2. The topological polar surface area (TPSA) is 80.3 Å². The van der Waals surface area contributed by atoms with Gasteiger partial charge in [0, 0.05) is 36.6 Å². The Kier molecular flexibility index (Phi) is 3.18. The Labute approximate surface area is 124 Å². The third kappa shape index (κ3) is 2.81. The van der Waals surface area contributed by atoms with Crippen LogP contribution < -0.4 is 16.4 Å². The number of hydrogen-bond donors (Lipinski definition) is 3. The van der Waals surface area contributed by atoms with E-state index in [2.05, 4.69) is 26.8 Å². The zero-order valence-electron chi connectivity index (χ0n) is 12.1. The Morgan fingerprint density at radius 2 is 1.76 bits per heavy atom. The van der Waals surface area contributed by atoms with Crippen LogP contribution in [0.2, 0.25) is 0 Å². The monoisotopic (exact) mass is 286 g/mol. The standard InChI is InChI=1S/C15H22N6/c16-10-1-3-12(4-2-10)19-14-9-13(18-11-5-6-11)15-17-7-8-21(15)20-14/h7-12,18H,1-6,16H2,(H,19,20). The maximum atomic E-state index is 5.97. The summed E-state index contributed by atoms with van der Waals surface area (Å²) in [5.41, 5.74) is 7.95. The summed E-state index contributed by atoms with van der Waals surface area (Å²) in [5, 5.41) is 11.7. The molecule has 0 radical (unpaired) electrons. The summed E-state index contributed by atoms with van der Waals surface area (Å²) in [6, 6.07) is 3.55. The molecule has 2 aliphatic rings. The van der Waals surface area contributed by atoms with Gasteiger partial charge in [-0.2, -0.15) is 0 Å². The SMILES string of the molecule is NC1CCC(Nc2cc(NC3CC3)c3nccn3n2)CC1. The Hall–Kier alpha value is -1.82. The van der Waals surface area contributed by atoms with E-state index in [0.29, 0.717) is 18.1 Å². The van der Waals surface area contributed by atoms with E-state index in [9.17, 15) is 0 Å². The summed E-state index contributed by atoms with van der Waals surface area (Å²) in [6.07, 6.45) is 10.6. The number of hydrogen-bond acceptors (Lipinski definition) is 5. The van der Waals surface area contributed by atoms with Gasteiger partial charge in [0.25, 0.3) is 0 Å². The number of nitrogens with two attached hydrogens (primary N) is 1. The van der Waals surface area contributed by atoms with Crippen LogP contribution in [-0.4, -0.2) is 32.7 Å². The lowest BCUT2D eigenvalue weighted by atomic mass is 9.92. The van der Waals surface area contributed by atoms with Crippen molar-refractivity contribution >= 4 is 17.2 Å². The molecule has 2 fully saturated rings. The molecule has 0 amide bonds. The zero-order valence-corrected chi connectivity index (χ0v) is 12.1. The van der Waals surface area contributed by atoms with Crippen molar-refractivity contribution < 1.29 is 0 Å². The van der Waals surface area contributed by atoms with Crippen LogP contribution in [-0.2, 0) is 0 Å². The molecule has 0 spiro atoms. The average molecular weight is 286 g/mol. The fourth-order valence-electron chi connectivity index (χ4n) is 3.01. The van der Waals surface area contributed by atoms with Gasteiger partial charge in [-0.15, -0.1) is 5.10 Å². The molecule has 6 heteroatoms. The van der Waals surface area contributed by atoms with Crippen molar-refractivity contribution in [2.75, 3.05) is 10.6 Å². The fourth-order valence-corrected chi connectivity index (χ4v) is 3.01. The van der Waals surface area contributed by atoms with Crippen molar-refractivity contribution in [2.24, 2.45) is 5.73 Å². The van der Waals surface area contributed by atoms with Gasteiger partial charge in [0.1, 0.15) is 5.82 Å². The van der Waals surface area contributed by atoms with Crippen molar-refractivity contribution in [1.82, 2.24) is 14.6 Å². The molecule has 4 N–H and O–H groups in total. The normalized spacial score (nSPS) is 26.0. The van der Waals surface area contributed by atoms with Crippen molar-refractivity contribution in [2.45, 2.75) is 56.7 Å². The molecule has 2 aromatic rings. The minimum absolute atomic E-state index is 0.374. The molecule has 0 saturated heterocycles. The van der Waals surface area contributed by atoms with Gasteiger partial charge in [0.15, 0.2) is 5.65 Å². The van der Waals surface area contributed by atoms with Gasteiger partial charge >= 0.3 is 0 Å². The van der Waals surface area contributed by atoms with E-state index in [0.717, 1.165) is 42.8 Å². The molecule has 0 aromatic carbocycles. The summed E-state index contributed by atoms with van der Waals surface area (Å²) < 4.78 is 1.85. The van der Waals surface area contributed by atoms with E-state index >= 15 is 0 Å². The van der Waals surface area contributed by atoms with Crippen molar-refractivity contribution in [1.29, 1.82) is 0 Å². The highest BCUT2D eigenvalue weighted by atomic mass is 15.3. The summed E-state index contributed by atoms with van der Waals surface area (Å²) in [6.45, 7) is 0. The Morgan fingerprint density at radius 3 is 2.52 bits per heavy atom. The first kappa shape index (κ1) is 12.9. The fraction of sp³-hybridized carbons (Fsp3) is 0.600. The highest BCUT2D eigenvalue weighted by Gasteiger charge is 2.23. The first-order valence-electron chi connectivity index (χ1n) is 7.91. The number of nitrogens with one attached hydrogen (secondary N) is 2. The molecule has 2 aliphatic carbocycles. The number of nitrogens with zero attached hydrogens (tertiary/aromatic N) is 3. The number of rotatable bonds is 4. The molecule has 6 nitrogen and oxygen atoms in total. The van der Waals surface area contributed by atoms with Gasteiger partial charge in [-0.1, -0.05) is 0 Å². The van der Waals surface area contributed by atoms with Crippen LogP contribution in [0.3, 0.4) is 0 Å². The summed E-state index contributed by atoms with van der Waals surface area (Å²) in [4.78, 5) is 4.39. The molecule has 2 saturated carbocycles. The number of fused-ring (bicyclic) bond motifs is 1. The molecule has 0 aliphatic heterocycles. The summed E-state index contributed by atoms with van der Waals surface area (Å²) in [7, 11) is 0. The lowest BCUT2D eigenvalue weighted by Gasteiger charge is -2.27. The second kappa shape index (κ2) is 5.18. The number of aromatic nitrogens is 3. The van der Waals surface area contributed by atoms with Crippen LogP contribution in [0.25, 0.3) is 5.65 Å². The van der Waals surface area contributed by atoms with Gasteiger partial charge in [0.05, 0.1) is 5.69 Å². The molecule has 0 unspecified atom stereocenters. The van der Waals surface area contributed by atoms with Gasteiger partial charge in [0.2, 0.25) is 0 Å². The van der Waals surface area contributed by atoms with E-state index in [1.165, 1.54) is 12.8 Å². The molecule has 0 atom stereocenters. The van der Waals surface area contributed by atoms with E-state index in [1.54, 1.807) is 6.20 Å². The number of imidazole rings is 1. The van der Waals surface area contributed by atoms with Crippen LogP contribution in [0.1, 0.15) is 38.5 Å². The molecular weight excluding hydrogens is 264 g/mol. The predicted octanol–water partition coefficient (Wildman–Crippen LogP) is 1.99. The highest BCUT2D eigenvalue weighted by molar-refractivity contribution is 5.71. The van der Waals surface area contributed by atoms with Gasteiger partial charge < -0.3 is 16.4 Å². The van der Waals surface area contributed by atoms with Crippen LogP contribution in [0, 0.1) is 0 Å². The minimum atomic E-state index is 0.374. The predicted molar refractivity (Wildman–Crippen MR) is 83.5 cm³/mol. The molecular formula is C15H22N6. The largest absolute Gasteiger partial charge is 0.379 e. The molecule has 0 bridgehead atoms. The first-order chi connectivity index (χ1) is 10.3. The van der Waals surface area contributed by atoms with Crippen molar-refractivity contribution in [3.05, 3.63) is 18.5 Å².